The van der Waals surface area contributed by atoms with Crippen LogP contribution in [0, 0.1) is 17.1 Å². The van der Waals surface area contributed by atoms with Gasteiger partial charge in [-0.05, 0) is 54.1 Å². The number of hydrogen-bond donors (Lipinski definition) is 0. The molecule has 5 nitrogen and oxygen atoms in total. The van der Waals surface area contributed by atoms with Crippen molar-refractivity contribution < 1.29 is 22.4 Å². The number of imidazole rings is 1. The number of nitrogens with zero attached hydrogens (tertiary/aromatic N) is 4. The van der Waals surface area contributed by atoms with Crippen LogP contribution < -0.4 is 0 Å². The number of nitriles is 1. The monoisotopic (exact) mass is 462 g/mol. The lowest BCUT2D eigenvalue weighted by Crippen LogP contribution is -2.09. The molecule has 0 spiro atoms. The van der Waals surface area contributed by atoms with Gasteiger partial charge in [0.1, 0.15) is 11.9 Å². The Bertz CT molecular complexity index is 1650. The van der Waals surface area contributed by atoms with Gasteiger partial charge >= 0.3 is 6.18 Å². The molecule has 0 fully saturated rings. The molecule has 0 unspecified atom stereocenters. The summed E-state index contributed by atoms with van der Waals surface area (Å²) in [6.07, 6.45) is -1.61. The summed E-state index contributed by atoms with van der Waals surface area (Å²) in [6, 6.07) is 13.7. The standard InChI is InChI=1S/C25H14F4N4O/c1-32-13-31-20-10-17(18(11-23(20)32)25(27,28)29)16-3-2-8-33-21(16)6-7-22(33)24(34)14-4-5-19(26)15(9-14)12-30/h2-11,13H,1H3. The number of carbonyl (C=O) groups is 1. The van der Waals surface area contributed by atoms with Crippen molar-refractivity contribution in [3.63, 3.8) is 0 Å². The zero-order chi connectivity index (χ0) is 24.2. The van der Waals surface area contributed by atoms with E-state index in [1.54, 1.807) is 37.5 Å². The maximum absolute atomic E-state index is 14.0. The van der Waals surface area contributed by atoms with Crippen LogP contribution in [0.5, 0.6) is 0 Å². The molecule has 34 heavy (non-hydrogen) atoms. The van der Waals surface area contributed by atoms with E-state index >= 15 is 0 Å². The molecule has 0 aliphatic rings. The lowest BCUT2D eigenvalue weighted by atomic mass is 9.98. The minimum atomic E-state index is -4.62. The molecule has 0 amide bonds. The fraction of sp³-hybridized carbons (Fsp3) is 0.0800. The van der Waals surface area contributed by atoms with Crippen LogP contribution in [0.25, 0.3) is 27.7 Å². The van der Waals surface area contributed by atoms with Crippen molar-refractivity contribution in [2.75, 3.05) is 0 Å². The molecule has 9 heteroatoms. The Labute approximate surface area is 190 Å². The van der Waals surface area contributed by atoms with Gasteiger partial charge in [-0.25, -0.2) is 9.37 Å². The van der Waals surface area contributed by atoms with Crippen LogP contribution in [0.1, 0.15) is 27.2 Å². The summed E-state index contributed by atoms with van der Waals surface area (Å²) in [5, 5.41) is 9.05. The molecule has 5 aromatic rings. The van der Waals surface area contributed by atoms with E-state index in [9.17, 15) is 22.4 Å². The number of benzene rings is 2. The Balaban J connectivity index is 1.71. The molecular formula is C25H14F4N4O. The van der Waals surface area contributed by atoms with Gasteiger partial charge in [0, 0.05) is 24.4 Å². The minimum Gasteiger partial charge on any atom is -0.334 e. The van der Waals surface area contributed by atoms with E-state index in [2.05, 4.69) is 4.98 Å². The number of halogens is 4. The molecular weight excluding hydrogens is 448 g/mol. The topological polar surface area (TPSA) is 63.1 Å². The lowest BCUT2D eigenvalue weighted by Gasteiger charge is -2.15. The molecule has 0 aliphatic carbocycles. The molecule has 0 bridgehead atoms. The first-order valence-corrected chi connectivity index (χ1v) is 10.1. The average Bonchev–Trinajstić information content (AvgIpc) is 3.41. The first-order valence-electron chi connectivity index (χ1n) is 10.1. The number of pyridine rings is 1. The second kappa shape index (κ2) is 7.56. The third-order valence-electron chi connectivity index (χ3n) is 5.73. The number of ketones is 1. The maximum atomic E-state index is 14.0. The number of carbonyl (C=O) groups excluding carboxylic acids is 1. The van der Waals surface area contributed by atoms with Gasteiger partial charge < -0.3 is 8.97 Å². The van der Waals surface area contributed by atoms with Gasteiger partial charge in [-0.1, -0.05) is 6.07 Å². The number of rotatable bonds is 3. The summed E-state index contributed by atoms with van der Waals surface area (Å²) in [5.74, 6) is -1.24. The summed E-state index contributed by atoms with van der Waals surface area (Å²) in [5.41, 5.74) is 0.523. The van der Waals surface area contributed by atoms with Crippen molar-refractivity contribution in [1.29, 1.82) is 5.26 Å². The van der Waals surface area contributed by atoms with Gasteiger partial charge in [0.05, 0.1) is 39.7 Å². The third-order valence-corrected chi connectivity index (χ3v) is 5.73. The highest BCUT2D eigenvalue weighted by Gasteiger charge is 2.35. The zero-order valence-electron chi connectivity index (χ0n) is 17.6. The molecule has 3 aromatic heterocycles. The van der Waals surface area contributed by atoms with Crippen molar-refractivity contribution in [1.82, 2.24) is 14.0 Å². The van der Waals surface area contributed by atoms with Gasteiger partial charge in [0.15, 0.2) is 0 Å². The van der Waals surface area contributed by atoms with Gasteiger partial charge in [-0.2, -0.15) is 18.4 Å². The fourth-order valence-corrected chi connectivity index (χ4v) is 4.08. The van der Waals surface area contributed by atoms with Crippen molar-refractivity contribution in [3.05, 3.63) is 95.3 Å². The summed E-state index contributed by atoms with van der Waals surface area (Å²) < 4.78 is 58.7. The molecule has 0 aliphatic heterocycles. The maximum Gasteiger partial charge on any atom is 0.417 e. The third kappa shape index (κ3) is 3.31. The van der Waals surface area contributed by atoms with E-state index in [-0.39, 0.29) is 27.9 Å². The van der Waals surface area contributed by atoms with Crippen LogP contribution in [-0.2, 0) is 13.2 Å². The van der Waals surface area contributed by atoms with Gasteiger partial charge in [-0.15, -0.1) is 0 Å². The normalized spacial score (nSPS) is 11.8. The Hall–Kier alpha value is -4.45. The van der Waals surface area contributed by atoms with Crippen LogP contribution in [0.4, 0.5) is 17.6 Å². The zero-order valence-corrected chi connectivity index (χ0v) is 17.6. The van der Waals surface area contributed by atoms with E-state index in [0.717, 1.165) is 18.2 Å². The average molecular weight is 462 g/mol. The Morgan fingerprint density at radius 1 is 1.03 bits per heavy atom. The van der Waals surface area contributed by atoms with E-state index < -0.39 is 23.3 Å². The molecule has 168 valence electrons. The van der Waals surface area contributed by atoms with Crippen LogP contribution in [-0.4, -0.2) is 19.7 Å². The molecule has 3 heterocycles. The number of fused-ring (bicyclic) bond motifs is 2. The molecule has 0 radical (unpaired) electrons. The smallest absolute Gasteiger partial charge is 0.334 e. The van der Waals surface area contributed by atoms with E-state index in [4.69, 9.17) is 5.26 Å². The molecule has 2 aromatic carbocycles. The van der Waals surface area contributed by atoms with Crippen molar-refractivity contribution in [3.8, 4) is 17.2 Å². The second-order valence-electron chi connectivity index (χ2n) is 7.77. The highest BCUT2D eigenvalue weighted by molar-refractivity contribution is 6.09. The van der Waals surface area contributed by atoms with Gasteiger partial charge in [-0.3, -0.25) is 4.79 Å². The fourth-order valence-electron chi connectivity index (χ4n) is 4.08. The van der Waals surface area contributed by atoms with Crippen molar-refractivity contribution in [2.24, 2.45) is 7.05 Å². The van der Waals surface area contributed by atoms with Gasteiger partial charge in [0.25, 0.3) is 0 Å². The summed E-state index contributed by atoms with van der Waals surface area (Å²) in [4.78, 5) is 17.3. The van der Waals surface area contributed by atoms with E-state index in [1.165, 1.54) is 33.5 Å². The van der Waals surface area contributed by atoms with E-state index in [0.29, 0.717) is 16.6 Å². The van der Waals surface area contributed by atoms with Crippen LogP contribution in [0.2, 0.25) is 0 Å². The molecule has 0 N–H and O–H groups in total. The molecule has 0 atom stereocenters. The summed E-state index contributed by atoms with van der Waals surface area (Å²) in [6.45, 7) is 0. The Morgan fingerprint density at radius 3 is 2.56 bits per heavy atom. The number of alkyl halides is 3. The summed E-state index contributed by atoms with van der Waals surface area (Å²) in [7, 11) is 1.62. The minimum absolute atomic E-state index is 0.0602. The largest absolute Gasteiger partial charge is 0.417 e. The quantitative estimate of drug-likeness (QED) is 0.253. The van der Waals surface area contributed by atoms with Crippen molar-refractivity contribution >= 4 is 22.3 Å². The summed E-state index contributed by atoms with van der Waals surface area (Å²) >= 11 is 0. The van der Waals surface area contributed by atoms with Crippen LogP contribution in [0.3, 0.4) is 0 Å². The van der Waals surface area contributed by atoms with Crippen LogP contribution >= 0.6 is 0 Å². The molecule has 0 saturated heterocycles. The molecule has 0 saturated carbocycles. The lowest BCUT2D eigenvalue weighted by molar-refractivity contribution is -0.137. The SMILES string of the molecule is Cn1cnc2cc(-c3cccn4c(C(=O)c5ccc(F)c(C#N)c5)ccc34)c(C(F)(F)F)cc21. The number of aromatic nitrogens is 3. The first-order chi connectivity index (χ1) is 16.2. The Kier molecular flexibility index (Phi) is 4.76. The highest BCUT2D eigenvalue weighted by atomic mass is 19.4. The van der Waals surface area contributed by atoms with E-state index in [1.807, 2.05) is 0 Å². The number of aryl methyl sites for hydroxylation is 1. The van der Waals surface area contributed by atoms with Crippen LogP contribution in [0.15, 0.2) is 67.1 Å². The predicted molar refractivity (Wildman–Crippen MR) is 117 cm³/mol. The van der Waals surface area contributed by atoms with Gasteiger partial charge in [0.2, 0.25) is 5.78 Å². The first kappa shape index (κ1) is 21.4. The number of hydrogen-bond acceptors (Lipinski definition) is 3. The van der Waals surface area contributed by atoms with Crippen molar-refractivity contribution in [2.45, 2.75) is 6.18 Å². The highest BCUT2D eigenvalue weighted by Crippen LogP contribution is 2.40. The second-order valence-corrected chi connectivity index (χ2v) is 7.77. The molecule has 5 rings (SSSR count). The Morgan fingerprint density at radius 2 is 1.82 bits per heavy atom. The predicted octanol–water partition coefficient (Wildman–Crippen LogP) is 5.75.